The largest absolute Gasteiger partial charge is 0.317 e. The van der Waals surface area contributed by atoms with Crippen LogP contribution in [-0.4, -0.2) is 30.5 Å². The smallest absolute Gasteiger partial charge is 0.243 e. The number of hydrogen-bond donors (Lipinski definition) is 1. The average molecular weight is 392 g/mol. The van der Waals surface area contributed by atoms with Crippen molar-refractivity contribution < 1.29 is 8.42 Å². The zero-order chi connectivity index (χ0) is 17.3. The summed E-state index contributed by atoms with van der Waals surface area (Å²) in [7, 11) is -3.50. The van der Waals surface area contributed by atoms with E-state index in [9.17, 15) is 8.42 Å². The second-order valence-electron chi connectivity index (χ2n) is 6.54. The average Bonchev–Trinajstić information content (AvgIpc) is 3.04. The van der Waals surface area contributed by atoms with E-state index in [0.29, 0.717) is 11.4 Å². The molecule has 1 aromatic carbocycles. The van der Waals surface area contributed by atoms with Crippen LogP contribution in [0, 0.1) is 0 Å². The number of nitrogens with zero attached hydrogens (tertiary/aromatic N) is 2. The van der Waals surface area contributed by atoms with Crippen LogP contribution in [0.3, 0.4) is 0 Å². The summed E-state index contributed by atoms with van der Waals surface area (Å²) in [4.78, 5) is 4.15. The number of rotatable bonds is 4. The van der Waals surface area contributed by atoms with Crippen LogP contribution < -0.4 is 5.32 Å². The van der Waals surface area contributed by atoms with Crippen LogP contribution in [0.4, 0.5) is 0 Å². The molecule has 2 aromatic heterocycles. The van der Waals surface area contributed by atoms with Gasteiger partial charge in [-0.3, -0.25) is 4.98 Å². The van der Waals surface area contributed by atoms with Gasteiger partial charge in [0, 0.05) is 17.8 Å². The van der Waals surface area contributed by atoms with E-state index in [1.165, 1.54) is 3.97 Å². The van der Waals surface area contributed by atoms with Crippen molar-refractivity contribution in [2.75, 3.05) is 13.1 Å². The molecule has 4 rings (SSSR count). The van der Waals surface area contributed by atoms with Crippen molar-refractivity contribution in [1.29, 1.82) is 0 Å². The number of fused-ring (bicyclic) bond motifs is 1. The van der Waals surface area contributed by atoms with Gasteiger partial charge in [-0.05, 0) is 49.0 Å². The third kappa shape index (κ3) is 3.63. The number of benzene rings is 1. The number of halogens is 1. The van der Waals surface area contributed by atoms with Gasteiger partial charge >= 0.3 is 0 Å². The Morgan fingerprint density at radius 2 is 1.85 bits per heavy atom. The molecule has 26 heavy (non-hydrogen) atoms. The Morgan fingerprint density at radius 3 is 2.58 bits per heavy atom. The number of hydrogen-bond acceptors (Lipinski definition) is 4. The van der Waals surface area contributed by atoms with Gasteiger partial charge in [0.1, 0.15) is 0 Å². The Kier molecular flexibility index (Phi) is 5.65. The van der Waals surface area contributed by atoms with Crippen molar-refractivity contribution in [3.63, 3.8) is 0 Å². The fourth-order valence-electron chi connectivity index (χ4n) is 3.61. The van der Waals surface area contributed by atoms with Crippen molar-refractivity contribution in [3.05, 3.63) is 66.1 Å². The summed E-state index contributed by atoms with van der Waals surface area (Å²) in [6.45, 7) is 1.94. The molecule has 0 unspecified atom stereocenters. The highest BCUT2D eigenvalue weighted by Gasteiger charge is 2.24. The van der Waals surface area contributed by atoms with E-state index in [2.05, 4.69) is 10.3 Å². The molecular weight excluding hydrogens is 370 g/mol. The fourth-order valence-corrected chi connectivity index (χ4v) is 5.09. The molecule has 1 fully saturated rings. The van der Waals surface area contributed by atoms with Gasteiger partial charge in [0.05, 0.1) is 17.5 Å². The zero-order valence-corrected chi connectivity index (χ0v) is 16.0. The monoisotopic (exact) mass is 391 g/mol. The number of piperidine rings is 1. The lowest BCUT2D eigenvalue weighted by atomic mass is 9.90. The minimum atomic E-state index is -3.50. The molecule has 0 aliphatic carbocycles. The summed E-state index contributed by atoms with van der Waals surface area (Å²) in [6.07, 6.45) is 7.27. The molecule has 1 N–H and O–H groups in total. The molecule has 0 amide bonds. The van der Waals surface area contributed by atoms with Gasteiger partial charge in [-0.1, -0.05) is 30.3 Å². The summed E-state index contributed by atoms with van der Waals surface area (Å²) < 4.78 is 27.5. The molecular formula is C19H22ClN3O2S. The molecule has 1 aliphatic heterocycles. The van der Waals surface area contributed by atoms with E-state index in [-0.39, 0.29) is 18.2 Å². The Hall–Kier alpha value is -1.89. The molecule has 5 nitrogen and oxygen atoms in total. The molecule has 1 aliphatic rings. The molecule has 0 bridgehead atoms. The highest BCUT2D eigenvalue weighted by Crippen LogP contribution is 2.33. The van der Waals surface area contributed by atoms with Crippen LogP contribution in [0.15, 0.2) is 55.0 Å². The first-order valence-corrected chi connectivity index (χ1v) is 10.2. The third-order valence-electron chi connectivity index (χ3n) is 4.88. The first kappa shape index (κ1) is 18.9. The summed E-state index contributed by atoms with van der Waals surface area (Å²) in [5, 5.41) is 4.36. The quantitative estimate of drug-likeness (QED) is 0.741. The maximum atomic E-state index is 13.0. The van der Waals surface area contributed by atoms with E-state index in [1.807, 2.05) is 42.6 Å². The summed E-state index contributed by atoms with van der Waals surface area (Å²) in [6, 6.07) is 11.2. The van der Waals surface area contributed by atoms with Crippen LogP contribution >= 0.6 is 12.4 Å². The molecule has 3 heterocycles. The minimum absolute atomic E-state index is 0. The van der Waals surface area contributed by atoms with Gasteiger partial charge in [-0.2, -0.15) is 0 Å². The van der Waals surface area contributed by atoms with Crippen LogP contribution in [-0.2, 0) is 15.8 Å². The first-order valence-electron chi connectivity index (χ1n) is 8.58. The van der Waals surface area contributed by atoms with Gasteiger partial charge in [-0.25, -0.2) is 12.4 Å². The fraction of sp³-hybridized carbons (Fsp3) is 0.316. The Labute approximate surface area is 159 Å². The van der Waals surface area contributed by atoms with E-state index >= 15 is 0 Å². The van der Waals surface area contributed by atoms with E-state index in [0.717, 1.165) is 42.4 Å². The van der Waals surface area contributed by atoms with Crippen molar-refractivity contribution in [2.45, 2.75) is 24.5 Å². The van der Waals surface area contributed by atoms with Gasteiger partial charge in [0.25, 0.3) is 0 Å². The van der Waals surface area contributed by atoms with Gasteiger partial charge < -0.3 is 5.32 Å². The first-order chi connectivity index (χ1) is 12.1. The highest BCUT2D eigenvalue weighted by molar-refractivity contribution is 7.89. The van der Waals surface area contributed by atoms with E-state index in [4.69, 9.17) is 0 Å². The van der Waals surface area contributed by atoms with E-state index < -0.39 is 10.0 Å². The molecule has 138 valence electrons. The van der Waals surface area contributed by atoms with Gasteiger partial charge in [0.2, 0.25) is 10.0 Å². The van der Waals surface area contributed by atoms with Crippen LogP contribution in [0.25, 0.3) is 10.9 Å². The van der Waals surface area contributed by atoms with Crippen molar-refractivity contribution >= 4 is 33.3 Å². The highest BCUT2D eigenvalue weighted by atomic mass is 35.5. The standard InChI is InChI=1S/C19H21N3O2S.ClH/c23-25(24,14-15-4-2-1-3-5-15)22-13-18(16-6-9-20-10-7-16)17-8-11-21-12-19(17)22;/h1-5,8,11-13,16,20H,6-7,9-10,14H2;1H. The maximum absolute atomic E-state index is 13.0. The molecule has 1 saturated heterocycles. The molecule has 0 radical (unpaired) electrons. The number of aromatic nitrogens is 2. The topological polar surface area (TPSA) is 64.0 Å². The van der Waals surface area contributed by atoms with Gasteiger partial charge in [-0.15, -0.1) is 12.4 Å². The van der Waals surface area contributed by atoms with E-state index in [1.54, 1.807) is 12.4 Å². The molecule has 3 aromatic rings. The number of nitrogens with one attached hydrogen (secondary N) is 1. The predicted octanol–water partition coefficient (Wildman–Crippen LogP) is 3.30. The zero-order valence-electron chi connectivity index (χ0n) is 14.3. The Bertz CT molecular complexity index is 980. The Balaban J connectivity index is 0.00000196. The maximum Gasteiger partial charge on any atom is 0.243 e. The van der Waals surface area contributed by atoms with Gasteiger partial charge in [0.15, 0.2) is 0 Å². The molecule has 0 saturated carbocycles. The van der Waals surface area contributed by atoms with Crippen molar-refractivity contribution in [1.82, 2.24) is 14.3 Å². The summed E-state index contributed by atoms with van der Waals surface area (Å²) in [5.41, 5.74) is 2.58. The second kappa shape index (κ2) is 7.78. The second-order valence-corrected chi connectivity index (χ2v) is 8.39. The van der Waals surface area contributed by atoms with Crippen molar-refractivity contribution in [3.8, 4) is 0 Å². The lowest BCUT2D eigenvalue weighted by Crippen LogP contribution is -2.26. The molecule has 0 spiro atoms. The lowest BCUT2D eigenvalue weighted by Gasteiger charge is -2.22. The summed E-state index contributed by atoms with van der Waals surface area (Å²) >= 11 is 0. The van der Waals surface area contributed by atoms with Crippen LogP contribution in [0.5, 0.6) is 0 Å². The lowest BCUT2D eigenvalue weighted by molar-refractivity contribution is 0.462. The van der Waals surface area contributed by atoms with Crippen molar-refractivity contribution in [2.24, 2.45) is 0 Å². The number of pyridine rings is 1. The molecule has 0 atom stereocenters. The summed E-state index contributed by atoms with van der Waals surface area (Å²) in [5.74, 6) is 0.373. The SMILES string of the molecule is Cl.O=S(=O)(Cc1ccccc1)n1cc(C2CCNCC2)c2ccncc21. The minimum Gasteiger partial charge on any atom is -0.317 e. The molecule has 7 heteroatoms. The predicted molar refractivity (Wildman–Crippen MR) is 106 cm³/mol. The van der Waals surface area contributed by atoms with Crippen LogP contribution in [0.2, 0.25) is 0 Å². The van der Waals surface area contributed by atoms with Crippen LogP contribution in [0.1, 0.15) is 29.9 Å². The Morgan fingerprint density at radius 1 is 1.12 bits per heavy atom. The normalized spacial score (nSPS) is 15.7. The third-order valence-corrected chi connectivity index (χ3v) is 6.47.